The van der Waals surface area contributed by atoms with E-state index in [1.807, 2.05) is 0 Å². The Labute approximate surface area is 118 Å². The van der Waals surface area contributed by atoms with E-state index in [1.54, 1.807) is 7.11 Å². The quantitative estimate of drug-likeness (QED) is 0.833. The third-order valence-corrected chi connectivity index (χ3v) is 4.04. The van der Waals surface area contributed by atoms with Crippen LogP contribution in [0.2, 0.25) is 0 Å². The van der Waals surface area contributed by atoms with Crippen LogP contribution in [0.15, 0.2) is 6.33 Å². The number of methoxy groups -OCH3 is 1. The van der Waals surface area contributed by atoms with E-state index in [9.17, 15) is 0 Å². The van der Waals surface area contributed by atoms with Gasteiger partial charge < -0.3 is 20.1 Å². The molecule has 0 aliphatic carbocycles. The Bertz CT molecular complexity index is 464. The summed E-state index contributed by atoms with van der Waals surface area (Å²) in [7, 11) is 1.57. The van der Waals surface area contributed by atoms with Crippen molar-refractivity contribution in [2.75, 3.05) is 57.1 Å². The molecule has 3 rings (SSSR count). The molecule has 2 fully saturated rings. The molecule has 2 aliphatic heterocycles. The number of rotatable bonds is 3. The first-order valence-corrected chi connectivity index (χ1v) is 7.01. The lowest BCUT2D eigenvalue weighted by atomic mass is 10.2. The minimum atomic E-state index is 0.449. The smallest absolute Gasteiger partial charge is 0.242 e. The molecule has 110 valence electrons. The third kappa shape index (κ3) is 2.51. The number of nitrogens with two attached hydrogens (primary N) is 1. The molecule has 0 aromatic carbocycles. The van der Waals surface area contributed by atoms with Gasteiger partial charge in [-0.3, -0.25) is 4.90 Å². The zero-order valence-electron chi connectivity index (χ0n) is 11.8. The maximum absolute atomic E-state index is 6.07. The van der Waals surface area contributed by atoms with Crippen LogP contribution in [0.5, 0.6) is 5.88 Å². The standard InChI is InChI=1S/C13H21N5O2/c1-19-13-11(14)12(15-9-16-13)18-3-2-10(8-18)17-4-6-20-7-5-17/h9-10H,2-8,14H2,1H3. The molecule has 7 nitrogen and oxygen atoms in total. The summed E-state index contributed by atoms with van der Waals surface area (Å²) in [6.45, 7) is 5.61. The minimum Gasteiger partial charge on any atom is -0.479 e. The number of morpholine rings is 1. The number of hydrogen-bond donors (Lipinski definition) is 1. The van der Waals surface area contributed by atoms with E-state index < -0.39 is 0 Å². The number of aromatic nitrogens is 2. The second-order valence-electron chi connectivity index (χ2n) is 5.16. The molecular formula is C13H21N5O2. The predicted octanol–water partition coefficient (Wildman–Crippen LogP) is -0.0217. The molecule has 0 radical (unpaired) electrons. The lowest BCUT2D eigenvalue weighted by Gasteiger charge is -2.32. The number of ether oxygens (including phenoxy) is 2. The number of nitrogen functional groups attached to an aromatic ring is 1. The summed E-state index contributed by atoms with van der Waals surface area (Å²) >= 11 is 0. The Morgan fingerprint density at radius 3 is 2.85 bits per heavy atom. The average Bonchev–Trinajstić information content (AvgIpc) is 2.98. The second kappa shape index (κ2) is 5.80. The second-order valence-corrected chi connectivity index (χ2v) is 5.16. The van der Waals surface area contributed by atoms with E-state index in [-0.39, 0.29) is 0 Å². The van der Waals surface area contributed by atoms with E-state index in [4.69, 9.17) is 15.2 Å². The fourth-order valence-corrected chi connectivity index (χ4v) is 2.96. The van der Waals surface area contributed by atoms with Gasteiger partial charge in [0.1, 0.15) is 12.0 Å². The first-order valence-electron chi connectivity index (χ1n) is 7.01. The van der Waals surface area contributed by atoms with E-state index in [2.05, 4.69) is 19.8 Å². The van der Waals surface area contributed by atoms with E-state index in [1.165, 1.54) is 6.33 Å². The molecule has 2 saturated heterocycles. The van der Waals surface area contributed by atoms with E-state index in [0.717, 1.165) is 51.6 Å². The highest BCUT2D eigenvalue weighted by atomic mass is 16.5. The van der Waals surface area contributed by atoms with Crippen LogP contribution in [-0.4, -0.2) is 67.4 Å². The van der Waals surface area contributed by atoms with Crippen LogP contribution in [0.25, 0.3) is 0 Å². The largest absolute Gasteiger partial charge is 0.479 e. The SMILES string of the molecule is COc1ncnc(N2CCC(N3CCOCC3)C2)c1N. The molecule has 1 atom stereocenters. The number of hydrogen-bond acceptors (Lipinski definition) is 7. The molecule has 1 unspecified atom stereocenters. The Morgan fingerprint density at radius 1 is 1.30 bits per heavy atom. The van der Waals surface area contributed by atoms with Crippen LogP contribution in [-0.2, 0) is 4.74 Å². The van der Waals surface area contributed by atoms with Crippen molar-refractivity contribution >= 4 is 11.5 Å². The molecule has 0 bridgehead atoms. The molecule has 1 aromatic heterocycles. The normalized spacial score (nSPS) is 24.1. The molecule has 20 heavy (non-hydrogen) atoms. The van der Waals surface area contributed by atoms with Gasteiger partial charge in [0.05, 0.1) is 20.3 Å². The van der Waals surface area contributed by atoms with Crippen molar-refractivity contribution in [3.63, 3.8) is 0 Å². The summed E-state index contributed by atoms with van der Waals surface area (Å²) in [5.74, 6) is 1.23. The monoisotopic (exact) mass is 279 g/mol. The van der Waals surface area contributed by atoms with Gasteiger partial charge in [-0.05, 0) is 6.42 Å². The topological polar surface area (TPSA) is 76.7 Å². The van der Waals surface area contributed by atoms with E-state index >= 15 is 0 Å². The van der Waals surface area contributed by atoms with Gasteiger partial charge >= 0.3 is 0 Å². The zero-order valence-corrected chi connectivity index (χ0v) is 11.8. The lowest BCUT2D eigenvalue weighted by Crippen LogP contribution is -2.44. The van der Waals surface area contributed by atoms with Crippen molar-refractivity contribution in [1.82, 2.24) is 14.9 Å². The maximum atomic E-state index is 6.07. The molecular weight excluding hydrogens is 258 g/mol. The summed E-state index contributed by atoms with van der Waals surface area (Å²) in [5, 5.41) is 0. The van der Waals surface area contributed by atoms with Crippen LogP contribution in [0.3, 0.4) is 0 Å². The molecule has 0 amide bonds. The lowest BCUT2D eigenvalue weighted by molar-refractivity contribution is 0.0209. The fraction of sp³-hybridized carbons (Fsp3) is 0.692. The molecule has 0 saturated carbocycles. The Morgan fingerprint density at radius 2 is 2.10 bits per heavy atom. The predicted molar refractivity (Wildman–Crippen MR) is 76.0 cm³/mol. The van der Waals surface area contributed by atoms with Crippen molar-refractivity contribution in [1.29, 1.82) is 0 Å². The number of anilines is 2. The maximum Gasteiger partial charge on any atom is 0.242 e. The molecule has 7 heteroatoms. The van der Waals surface area contributed by atoms with Gasteiger partial charge in [-0.1, -0.05) is 0 Å². The van der Waals surface area contributed by atoms with Crippen LogP contribution < -0.4 is 15.4 Å². The molecule has 1 aromatic rings. The van der Waals surface area contributed by atoms with Crippen molar-refractivity contribution in [3.8, 4) is 5.88 Å². The highest BCUT2D eigenvalue weighted by Gasteiger charge is 2.30. The van der Waals surface area contributed by atoms with Gasteiger partial charge in [-0.15, -0.1) is 0 Å². The minimum absolute atomic E-state index is 0.449. The highest BCUT2D eigenvalue weighted by Crippen LogP contribution is 2.30. The van der Waals surface area contributed by atoms with Crippen LogP contribution in [0, 0.1) is 0 Å². The van der Waals surface area contributed by atoms with Crippen molar-refractivity contribution in [3.05, 3.63) is 6.33 Å². The summed E-state index contributed by atoms with van der Waals surface area (Å²) in [5.41, 5.74) is 6.60. The van der Waals surface area contributed by atoms with Crippen LogP contribution >= 0.6 is 0 Å². The summed E-state index contributed by atoms with van der Waals surface area (Å²) in [4.78, 5) is 13.1. The van der Waals surface area contributed by atoms with Gasteiger partial charge in [-0.2, -0.15) is 4.98 Å². The van der Waals surface area contributed by atoms with Gasteiger partial charge in [0.2, 0.25) is 5.88 Å². The van der Waals surface area contributed by atoms with Crippen LogP contribution in [0.1, 0.15) is 6.42 Å². The third-order valence-electron chi connectivity index (χ3n) is 4.04. The Balaban J connectivity index is 1.70. The average molecular weight is 279 g/mol. The first-order chi connectivity index (χ1) is 9.79. The van der Waals surface area contributed by atoms with Crippen molar-refractivity contribution in [2.45, 2.75) is 12.5 Å². The van der Waals surface area contributed by atoms with Gasteiger partial charge in [0.15, 0.2) is 5.82 Å². The summed E-state index contributed by atoms with van der Waals surface area (Å²) < 4.78 is 10.6. The van der Waals surface area contributed by atoms with Crippen molar-refractivity contribution < 1.29 is 9.47 Å². The van der Waals surface area contributed by atoms with Gasteiger partial charge in [0.25, 0.3) is 0 Å². The van der Waals surface area contributed by atoms with Crippen LogP contribution in [0.4, 0.5) is 11.5 Å². The fourth-order valence-electron chi connectivity index (χ4n) is 2.96. The number of nitrogens with zero attached hydrogens (tertiary/aromatic N) is 4. The summed E-state index contributed by atoms with van der Waals surface area (Å²) in [6.07, 6.45) is 2.64. The van der Waals surface area contributed by atoms with Crippen molar-refractivity contribution in [2.24, 2.45) is 0 Å². The van der Waals surface area contributed by atoms with Gasteiger partial charge in [-0.25, -0.2) is 4.98 Å². The Hall–Kier alpha value is -1.60. The zero-order chi connectivity index (χ0) is 13.9. The molecule has 0 spiro atoms. The molecule has 2 aliphatic rings. The molecule has 2 N–H and O–H groups in total. The van der Waals surface area contributed by atoms with E-state index in [0.29, 0.717) is 17.6 Å². The highest BCUT2D eigenvalue weighted by molar-refractivity contribution is 5.68. The first kappa shape index (κ1) is 13.4. The molecule has 3 heterocycles. The summed E-state index contributed by atoms with van der Waals surface area (Å²) in [6, 6.07) is 0.555. The Kier molecular flexibility index (Phi) is 3.88. The van der Waals surface area contributed by atoms with Gasteiger partial charge in [0, 0.05) is 32.2 Å².